The largest absolute Gasteiger partial charge is 0.444 e. The molecule has 0 radical (unpaired) electrons. The van der Waals surface area contributed by atoms with Crippen molar-refractivity contribution in [1.29, 1.82) is 0 Å². The number of aldehydes is 1. The Kier molecular flexibility index (Phi) is 5.67. The van der Waals surface area contributed by atoms with E-state index in [-0.39, 0.29) is 0 Å². The van der Waals surface area contributed by atoms with Gasteiger partial charge in [0.15, 0.2) is 0 Å². The minimum atomic E-state index is -0.566. The molecule has 0 bridgehead atoms. The second kappa shape index (κ2) is 6.22. The van der Waals surface area contributed by atoms with E-state index in [4.69, 9.17) is 4.74 Å². The van der Waals surface area contributed by atoms with Crippen molar-refractivity contribution in [1.82, 2.24) is 5.32 Å². The average Bonchev–Trinajstić information content (AvgIpc) is 2.09. The Morgan fingerprint density at radius 1 is 1.47 bits per heavy atom. The molecule has 0 saturated carbocycles. The van der Waals surface area contributed by atoms with Crippen LogP contribution in [0.25, 0.3) is 0 Å². The van der Waals surface area contributed by atoms with Gasteiger partial charge in [-0.15, -0.1) is 0 Å². The van der Waals surface area contributed by atoms with Crippen molar-refractivity contribution in [3.05, 3.63) is 12.2 Å². The number of amides is 1. The zero-order valence-corrected chi connectivity index (χ0v) is 9.74. The minimum absolute atomic E-state index is 0.485. The molecule has 1 amide bonds. The molecule has 4 heteroatoms. The molecule has 1 atom stereocenters. The molecule has 0 aromatic heterocycles. The Bertz CT molecular complexity index is 241. The van der Waals surface area contributed by atoms with Crippen LogP contribution in [0.1, 0.15) is 34.1 Å². The van der Waals surface area contributed by atoms with Crippen molar-refractivity contribution in [3.63, 3.8) is 0 Å². The van der Waals surface area contributed by atoms with E-state index in [1.165, 1.54) is 0 Å². The van der Waals surface area contributed by atoms with Crippen LogP contribution in [0.5, 0.6) is 0 Å². The first-order valence-electron chi connectivity index (χ1n) is 4.95. The van der Waals surface area contributed by atoms with Crippen LogP contribution < -0.4 is 5.32 Å². The number of allylic oxidation sites excluding steroid dienone is 1. The van der Waals surface area contributed by atoms with Crippen LogP contribution in [0.15, 0.2) is 12.2 Å². The molecule has 0 heterocycles. The number of rotatable bonds is 4. The number of carbonyl (C=O) groups excluding carboxylic acids is 2. The van der Waals surface area contributed by atoms with Crippen LogP contribution in [0.3, 0.4) is 0 Å². The lowest BCUT2D eigenvalue weighted by atomic mass is 10.2. The van der Waals surface area contributed by atoms with Crippen molar-refractivity contribution < 1.29 is 14.3 Å². The summed E-state index contributed by atoms with van der Waals surface area (Å²) in [5, 5.41) is 2.48. The summed E-state index contributed by atoms with van der Waals surface area (Å²) in [5.41, 5.74) is -0.544. The van der Waals surface area contributed by atoms with E-state index in [1.54, 1.807) is 20.8 Å². The van der Waals surface area contributed by atoms with E-state index < -0.39 is 17.7 Å². The monoisotopic (exact) mass is 213 g/mol. The third-order valence-corrected chi connectivity index (χ3v) is 1.49. The topological polar surface area (TPSA) is 55.4 Å². The molecule has 0 rings (SSSR count). The van der Waals surface area contributed by atoms with E-state index in [9.17, 15) is 9.59 Å². The van der Waals surface area contributed by atoms with Gasteiger partial charge in [-0.05, 0) is 34.1 Å². The summed E-state index contributed by atoms with van der Waals surface area (Å²) in [6.07, 6.45) is 4.26. The molecule has 0 aromatic carbocycles. The molecule has 0 saturated heterocycles. The molecule has 86 valence electrons. The lowest BCUT2D eigenvalue weighted by molar-refractivity contribution is -0.109. The maximum Gasteiger partial charge on any atom is 0.408 e. The van der Waals surface area contributed by atoms with Crippen molar-refractivity contribution >= 4 is 12.4 Å². The van der Waals surface area contributed by atoms with Crippen molar-refractivity contribution in [2.24, 2.45) is 0 Å². The molecule has 0 aliphatic heterocycles. The van der Waals surface area contributed by atoms with Gasteiger partial charge in [0.25, 0.3) is 0 Å². The highest BCUT2D eigenvalue weighted by Gasteiger charge is 2.18. The number of carbonyl (C=O) groups is 2. The third-order valence-electron chi connectivity index (χ3n) is 1.49. The van der Waals surface area contributed by atoms with Crippen molar-refractivity contribution in [3.8, 4) is 0 Å². The minimum Gasteiger partial charge on any atom is -0.444 e. The Labute approximate surface area is 90.7 Å². The number of ether oxygens (including phenoxy) is 1. The second-order valence-electron chi connectivity index (χ2n) is 4.19. The Hall–Kier alpha value is -1.32. The standard InChI is InChI=1S/C11H19NO3/c1-5-6-7-9(8-13)12-10(14)15-11(2,3)4/h5-6,8-9H,7H2,1-4H3,(H,12,14)/b6-5+. The van der Waals surface area contributed by atoms with E-state index >= 15 is 0 Å². The maximum absolute atomic E-state index is 11.3. The summed E-state index contributed by atoms with van der Waals surface area (Å²) < 4.78 is 5.02. The molecule has 15 heavy (non-hydrogen) atoms. The van der Waals surface area contributed by atoms with Gasteiger partial charge < -0.3 is 14.8 Å². The van der Waals surface area contributed by atoms with Gasteiger partial charge in [-0.3, -0.25) is 0 Å². The lowest BCUT2D eigenvalue weighted by Crippen LogP contribution is -2.39. The van der Waals surface area contributed by atoms with Gasteiger partial charge in [-0.25, -0.2) is 4.79 Å². The van der Waals surface area contributed by atoms with E-state index in [0.717, 1.165) is 0 Å². The molecule has 1 unspecified atom stereocenters. The van der Waals surface area contributed by atoms with Crippen LogP contribution in [-0.2, 0) is 9.53 Å². The fourth-order valence-corrected chi connectivity index (χ4v) is 0.890. The summed E-state index contributed by atoms with van der Waals surface area (Å²) in [6, 6.07) is -0.518. The number of hydrogen-bond acceptors (Lipinski definition) is 3. The highest BCUT2D eigenvalue weighted by molar-refractivity contribution is 5.73. The molecule has 0 fully saturated rings. The first kappa shape index (κ1) is 13.7. The van der Waals surface area contributed by atoms with Crippen molar-refractivity contribution in [2.75, 3.05) is 0 Å². The highest BCUT2D eigenvalue weighted by Crippen LogP contribution is 2.06. The summed E-state index contributed by atoms with van der Waals surface area (Å²) in [7, 11) is 0. The van der Waals surface area contributed by atoms with Crippen LogP contribution in [0.2, 0.25) is 0 Å². The Morgan fingerprint density at radius 3 is 2.47 bits per heavy atom. The average molecular weight is 213 g/mol. The molecule has 0 spiro atoms. The van der Waals surface area contributed by atoms with Gasteiger partial charge in [0.2, 0.25) is 0 Å². The van der Waals surface area contributed by atoms with Crippen LogP contribution in [0.4, 0.5) is 4.79 Å². The number of alkyl carbamates (subject to hydrolysis) is 1. The number of nitrogens with one attached hydrogen (secondary N) is 1. The van der Waals surface area contributed by atoms with Crippen LogP contribution in [0, 0.1) is 0 Å². The fourth-order valence-electron chi connectivity index (χ4n) is 0.890. The number of hydrogen-bond donors (Lipinski definition) is 1. The quantitative estimate of drug-likeness (QED) is 0.574. The predicted molar refractivity (Wildman–Crippen MR) is 58.7 cm³/mol. The fraction of sp³-hybridized carbons (Fsp3) is 0.636. The molecular weight excluding hydrogens is 194 g/mol. The van der Waals surface area contributed by atoms with E-state index in [2.05, 4.69) is 5.32 Å². The molecule has 1 N–H and O–H groups in total. The Balaban J connectivity index is 4.07. The normalized spacial score (nSPS) is 13.6. The molecule has 0 aliphatic carbocycles. The first-order chi connectivity index (χ1) is 6.89. The first-order valence-corrected chi connectivity index (χ1v) is 4.95. The van der Waals surface area contributed by atoms with Gasteiger partial charge in [-0.2, -0.15) is 0 Å². The highest BCUT2D eigenvalue weighted by atomic mass is 16.6. The van der Waals surface area contributed by atoms with Crippen molar-refractivity contribution in [2.45, 2.75) is 45.8 Å². The smallest absolute Gasteiger partial charge is 0.408 e. The van der Waals surface area contributed by atoms with E-state index in [1.807, 2.05) is 19.1 Å². The van der Waals surface area contributed by atoms with E-state index in [0.29, 0.717) is 12.7 Å². The predicted octanol–water partition coefficient (Wildman–Crippen LogP) is 2.04. The summed E-state index contributed by atoms with van der Waals surface area (Å²) in [4.78, 5) is 21.9. The zero-order valence-electron chi connectivity index (χ0n) is 9.74. The molecule has 4 nitrogen and oxygen atoms in total. The van der Waals surface area contributed by atoms with Crippen LogP contribution >= 0.6 is 0 Å². The molecular formula is C11H19NO3. The van der Waals surface area contributed by atoms with Crippen LogP contribution in [-0.4, -0.2) is 24.0 Å². The van der Waals surface area contributed by atoms with Gasteiger partial charge in [0, 0.05) is 0 Å². The summed E-state index contributed by atoms with van der Waals surface area (Å²) >= 11 is 0. The molecule has 0 aromatic rings. The van der Waals surface area contributed by atoms with Gasteiger partial charge in [0.1, 0.15) is 11.9 Å². The van der Waals surface area contributed by atoms with Gasteiger partial charge in [-0.1, -0.05) is 12.2 Å². The SMILES string of the molecule is C/C=C/CC(C=O)NC(=O)OC(C)(C)C. The summed E-state index contributed by atoms with van der Waals surface area (Å²) in [5.74, 6) is 0. The maximum atomic E-state index is 11.3. The second-order valence-corrected chi connectivity index (χ2v) is 4.19. The lowest BCUT2D eigenvalue weighted by Gasteiger charge is -2.21. The van der Waals surface area contributed by atoms with Gasteiger partial charge in [0.05, 0.1) is 6.04 Å². The third kappa shape index (κ3) is 7.73. The Morgan fingerprint density at radius 2 is 2.07 bits per heavy atom. The zero-order chi connectivity index (χ0) is 11.9. The van der Waals surface area contributed by atoms with Gasteiger partial charge >= 0.3 is 6.09 Å². The molecule has 0 aliphatic rings. The summed E-state index contributed by atoms with van der Waals surface area (Å²) in [6.45, 7) is 7.17.